The van der Waals surface area contributed by atoms with Gasteiger partial charge in [0.25, 0.3) is 0 Å². The van der Waals surface area contributed by atoms with E-state index >= 15 is 0 Å². The highest BCUT2D eigenvalue weighted by Gasteiger charge is 2.47. The summed E-state index contributed by atoms with van der Waals surface area (Å²) in [7, 11) is 0. The average Bonchev–Trinajstić information content (AvgIpc) is 2.70. The molecule has 0 bridgehead atoms. The molecule has 12 heteroatoms. The SMILES string of the molecule is CC(=O)OC(C1NC2C(=O)NC(N)=NC2NC1NNc1ccccc1)[C@H](C)OC(C)=O. The van der Waals surface area contributed by atoms with E-state index in [0.717, 1.165) is 5.69 Å². The number of benzene rings is 1. The molecule has 0 spiro atoms. The number of piperazine rings is 1. The van der Waals surface area contributed by atoms with Crippen molar-refractivity contribution in [2.24, 2.45) is 10.7 Å². The number of carbonyl (C=O) groups is 3. The second kappa shape index (κ2) is 9.73. The summed E-state index contributed by atoms with van der Waals surface area (Å²) < 4.78 is 10.8. The molecule has 168 valence electrons. The summed E-state index contributed by atoms with van der Waals surface area (Å²) in [6.45, 7) is 4.14. The van der Waals surface area contributed by atoms with Gasteiger partial charge >= 0.3 is 11.9 Å². The molecule has 2 aliphatic heterocycles. The van der Waals surface area contributed by atoms with Crippen LogP contribution in [0.4, 0.5) is 5.69 Å². The maximum Gasteiger partial charge on any atom is 0.303 e. The van der Waals surface area contributed by atoms with Crippen LogP contribution in [0, 0.1) is 0 Å². The van der Waals surface area contributed by atoms with Crippen molar-refractivity contribution in [2.75, 3.05) is 5.43 Å². The number of nitrogens with two attached hydrogens (primary N) is 1. The third-order valence-electron chi connectivity index (χ3n) is 4.83. The Kier molecular flexibility index (Phi) is 7.05. The van der Waals surface area contributed by atoms with Crippen LogP contribution in [0.15, 0.2) is 35.3 Å². The number of carbonyl (C=O) groups excluding carboxylic acids is 3. The van der Waals surface area contributed by atoms with Crippen molar-refractivity contribution in [3.63, 3.8) is 0 Å². The van der Waals surface area contributed by atoms with Gasteiger partial charge < -0.3 is 20.6 Å². The molecule has 6 atom stereocenters. The first-order valence-electron chi connectivity index (χ1n) is 9.82. The molecule has 31 heavy (non-hydrogen) atoms. The molecule has 5 unspecified atom stereocenters. The number of aliphatic imine (C=N–C) groups is 1. The van der Waals surface area contributed by atoms with Gasteiger partial charge in [0.1, 0.15) is 18.3 Å². The number of ether oxygens (including phenoxy) is 2. The summed E-state index contributed by atoms with van der Waals surface area (Å²) in [6.07, 6.45) is -2.98. The van der Waals surface area contributed by atoms with Crippen molar-refractivity contribution in [3.8, 4) is 0 Å². The topological polar surface area (TPSA) is 168 Å². The minimum absolute atomic E-state index is 0.00131. The monoisotopic (exact) mass is 433 g/mol. The summed E-state index contributed by atoms with van der Waals surface area (Å²) in [4.78, 5) is 40.0. The molecule has 7 N–H and O–H groups in total. The second-order valence-electron chi connectivity index (χ2n) is 7.29. The predicted octanol–water partition coefficient (Wildman–Crippen LogP) is -1.49. The highest BCUT2D eigenvalue weighted by Crippen LogP contribution is 2.19. The van der Waals surface area contributed by atoms with Gasteiger partial charge in [-0.3, -0.25) is 30.3 Å². The first kappa shape index (κ1) is 22.5. The number of nitrogens with one attached hydrogen (secondary N) is 5. The van der Waals surface area contributed by atoms with Crippen LogP contribution in [0.1, 0.15) is 20.8 Å². The molecule has 3 rings (SSSR count). The van der Waals surface area contributed by atoms with Gasteiger partial charge in [0.2, 0.25) is 5.91 Å². The van der Waals surface area contributed by atoms with Gasteiger partial charge in [-0.15, -0.1) is 0 Å². The van der Waals surface area contributed by atoms with Crippen molar-refractivity contribution < 1.29 is 23.9 Å². The lowest BCUT2D eigenvalue weighted by atomic mass is 9.96. The molecular weight excluding hydrogens is 406 g/mol. The first-order chi connectivity index (χ1) is 14.7. The maximum absolute atomic E-state index is 12.5. The smallest absolute Gasteiger partial charge is 0.303 e. The zero-order chi connectivity index (χ0) is 22.5. The van der Waals surface area contributed by atoms with Crippen LogP contribution in [0.25, 0.3) is 0 Å². The molecule has 1 aromatic carbocycles. The second-order valence-corrected chi connectivity index (χ2v) is 7.29. The standard InChI is InChI=1S/C19H27N7O5/c1-9(30-10(2)27)15(31-11(3)28)13-17(26-25-12-7-5-4-6-8-12)22-16-14(21-13)18(29)24-19(20)23-16/h4-9,13-17,21-22,25-26H,1-3H3,(H3,20,23,24,29)/t9-,13?,14?,15?,16?,17?/m0/s1. The summed E-state index contributed by atoms with van der Waals surface area (Å²) >= 11 is 0. The number of esters is 2. The van der Waals surface area contributed by atoms with E-state index in [1.165, 1.54) is 13.8 Å². The third-order valence-corrected chi connectivity index (χ3v) is 4.83. The predicted molar refractivity (Wildman–Crippen MR) is 111 cm³/mol. The molecule has 0 aromatic heterocycles. The van der Waals surface area contributed by atoms with Crippen LogP contribution in [0.5, 0.6) is 0 Å². The van der Waals surface area contributed by atoms with E-state index in [2.05, 4.69) is 31.8 Å². The highest BCUT2D eigenvalue weighted by atomic mass is 16.6. The molecule has 1 fully saturated rings. The molecule has 0 saturated carbocycles. The van der Waals surface area contributed by atoms with Crippen molar-refractivity contribution in [1.82, 2.24) is 21.4 Å². The number of hydrazine groups is 1. The molecule has 2 aliphatic rings. The third kappa shape index (κ3) is 5.69. The van der Waals surface area contributed by atoms with E-state index < -0.39 is 48.6 Å². The van der Waals surface area contributed by atoms with E-state index in [9.17, 15) is 14.4 Å². The summed E-state index contributed by atoms with van der Waals surface area (Å²) in [6, 6.07) is 7.86. The van der Waals surface area contributed by atoms with Crippen LogP contribution in [-0.4, -0.2) is 60.4 Å². The number of anilines is 1. The lowest BCUT2D eigenvalue weighted by Crippen LogP contribution is -2.78. The number of fused-ring (bicyclic) bond motifs is 1. The maximum atomic E-state index is 12.5. The van der Waals surface area contributed by atoms with Gasteiger partial charge in [-0.25, -0.2) is 10.4 Å². The quantitative estimate of drug-likeness (QED) is 0.220. The average molecular weight is 433 g/mol. The molecular formula is C19H27N7O5. The van der Waals surface area contributed by atoms with E-state index in [1.54, 1.807) is 6.92 Å². The Hall–Kier alpha value is -3.22. The summed E-state index contributed by atoms with van der Waals surface area (Å²) in [5.41, 5.74) is 12.7. The Morgan fingerprint density at radius 3 is 2.45 bits per heavy atom. The minimum atomic E-state index is -0.916. The summed E-state index contributed by atoms with van der Waals surface area (Å²) in [5, 5.41) is 8.84. The zero-order valence-corrected chi connectivity index (χ0v) is 17.4. The van der Waals surface area contributed by atoms with Crippen molar-refractivity contribution >= 4 is 29.5 Å². The van der Waals surface area contributed by atoms with Gasteiger partial charge in [-0.2, -0.15) is 0 Å². The van der Waals surface area contributed by atoms with Crippen LogP contribution in [0.2, 0.25) is 0 Å². The molecule has 2 heterocycles. The fourth-order valence-electron chi connectivity index (χ4n) is 3.58. The number of nitrogens with zero attached hydrogens (tertiary/aromatic N) is 1. The lowest BCUT2D eigenvalue weighted by Gasteiger charge is -2.46. The van der Waals surface area contributed by atoms with E-state index in [-0.39, 0.29) is 11.9 Å². The first-order valence-corrected chi connectivity index (χ1v) is 9.82. The fourth-order valence-corrected chi connectivity index (χ4v) is 3.58. The number of amides is 1. The van der Waals surface area contributed by atoms with Crippen molar-refractivity contribution in [2.45, 2.75) is 57.4 Å². The van der Waals surface area contributed by atoms with Gasteiger partial charge in [-0.05, 0) is 19.1 Å². The van der Waals surface area contributed by atoms with Gasteiger partial charge in [0.05, 0.1) is 12.2 Å². The number of hydrogen-bond acceptors (Lipinski definition) is 11. The Labute approximate surface area is 179 Å². The molecule has 0 aliphatic carbocycles. The molecule has 12 nitrogen and oxygen atoms in total. The normalized spacial score (nSPS) is 27.1. The van der Waals surface area contributed by atoms with E-state index in [1.807, 2.05) is 30.3 Å². The zero-order valence-electron chi connectivity index (χ0n) is 17.4. The van der Waals surface area contributed by atoms with E-state index in [4.69, 9.17) is 15.2 Å². The van der Waals surface area contributed by atoms with Gasteiger partial charge in [-0.1, -0.05) is 18.2 Å². The van der Waals surface area contributed by atoms with Crippen LogP contribution in [0.3, 0.4) is 0 Å². The molecule has 1 saturated heterocycles. The number of guanidine groups is 1. The Morgan fingerprint density at radius 1 is 1.13 bits per heavy atom. The summed E-state index contributed by atoms with van der Waals surface area (Å²) in [5.74, 6) is -1.46. The number of rotatable bonds is 7. The van der Waals surface area contributed by atoms with Crippen molar-refractivity contribution in [3.05, 3.63) is 30.3 Å². The Balaban J connectivity index is 1.87. The van der Waals surface area contributed by atoms with E-state index in [0.29, 0.717) is 0 Å². The Bertz CT molecular complexity index is 849. The molecule has 0 radical (unpaired) electrons. The van der Waals surface area contributed by atoms with Crippen LogP contribution in [-0.2, 0) is 23.9 Å². The molecule has 1 aromatic rings. The highest BCUT2D eigenvalue weighted by molar-refractivity contribution is 6.01. The largest absolute Gasteiger partial charge is 0.459 e. The Morgan fingerprint density at radius 2 is 1.81 bits per heavy atom. The van der Waals surface area contributed by atoms with Gasteiger partial charge in [0.15, 0.2) is 12.1 Å². The van der Waals surface area contributed by atoms with Crippen LogP contribution < -0.4 is 32.5 Å². The fraction of sp³-hybridized carbons (Fsp3) is 0.474. The number of para-hydroxylation sites is 1. The molecule has 1 amide bonds. The lowest BCUT2D eigenvalue weighted by molar-refractivity contribution is -0.168. The van der Waals surface area contributed by atoms with Crippen LogP contribution >= 0.6 is 0 Å². The number of hydrogen-bond donors (Lipinski definition) is 6. The van der Waals surface area contributed by atoms with Gasteiger partial charge in [0, 0.05) is 19.5 Å². The van der Waals surface area contributed by atoms with Crippen molar-refractivity contribution in [1.29, 1.82) is 0 Å². The minimum Gasteiger partial charge on any atom is -0.459 e.